The van der Waals surface area contributed by atoms with Crippen LogP contribution in [0.3, 0.4) is 0 Å². The van der Waals surface area contributed by atoms with Gasteiger partial charge in [0.05, 0.1) is 0 Å². The third kappa shape index (κ3) is 3.50. The van der Waals surface area contributed by atoms with Crippen molar-refractivity contribution < 1.29 is 31.5 Å². The minimum Gasteiger partial charge on any atom is -0.477 e. The molecular weight excluding hydrogens is 325 g/mol. The van der Waals surface area contributed by atoms with E-state index in [0.29, 0.717) is 6.92 Å². The van der Waals surface area contributed by atoms with Crippen LogP contribution in [-0.4, -0.2) is 36.3 Å². The number of hydrogen-bond acceptors (Lipinski definition) is 3. The lowest BCUT2D eigenvalue weighted by Crippen LogP contribution is -2.43. The molecule has 1 aromatic heterocycles. The lowest BCUT2D eigenvalue weighted by Gasteiger charge is -2.17. The first kappa shape index (κ1) is 18.2. The Hall–Kier alpha value is -1.81. The maximum absolute atomic E-state index is 12.5. The molecule has 0 unspecified atom stereocenters. The van der Waals surface area contributed by atoms with Gasteiger partial charge in [0, 0.05) is 18.8 Å². The van der Waals surface area contributed by atoms with Crippen molar-refractivity contribution in [1.82, 2.24) is 9.29 Å². The van der Waals surface area contributed by atoms with Gasteiger partial charge in [-0.2, -0.15) is 17.9 Å². The van der Waals surface area contributed by atoms with Crippen LogP contribution in [-0.2, 0) is 17.1 Å². The van der Waals surface area contributed by atoms with E-state index in [2.05, 4.69) is 6.58 Å². The fourth-order valence-corrected chi connectivity index (χ4v) is 3.40. The highest BCUT2D eigenvalue weighted by Crippen LogP contribution is 2.29. The number of carboxylic acids is 1. The molecule has 0 fully saturated rings. The van der Waals surface area contributed by atoms with Gasteiger partial charge in [-0.1, -0.05) is 6.58 Å². The molecule has 10 heteroatoms. The normalized spacial score (nSPS) is 13.9. The van der Waals surface area contributed by atoms with Crippen molar-refractivity contribution in [3.05, 3.63) is 24.0 Å². The average Bonchev–Trinajstić information content (AvgIpc) is 2.65. The SMILES string of the molecule is C=C(C)c1c(S(=O)(=O)N[C@H](C)C(F)(F)F)cn(C)c1C(=O)O. The average molecular weight is 340 g/mol. The predicted molar refractivity (Wildman–Crippen MR) is 72.9 cm³/mol. The van der Waals surface area contributed by atoms with E-state index in [4.69, 9.17) is 5.11 Å². The molecule has 2 N–H and O–H groups in total. The standard InChI is InChI=1S/C12H15F3N2O4S/c1-6(2)9-8(5-17(4)10(9)11(18)19)22(20,21)16-7(3)12(13,14)15/h5,7,16H,1H2,2-4H3,(H,18,19)/t7-/m1/s1. The quantitative estimate of drug-likeness (QED) is 0.858. The molecule has 22 heavy (non-hydrogen) atoms. The fourth-order valence-electron chi connectivity index (χ4n) is 1.84. The Labute approximate surface area is 125 Å². The minimum atomic E-state index is -4.76. The summed E-state index contributed by atoms with van der Waals surface area (Å²) in [6.07, 6.45) is -3.82. The Kier molecular flexibility index (Phi) is 4.78. The van der Waals surface area contributed by atoms with Crippen molar-refractivity contribution in [3.63, 3.8) is 0 Å². The van der Waals surface area contributed by atoms with Gasteiger partial charge in [0.15, 0.2) is 0 Å². The number of nitrogens with zero attached hydrogens (tertiary/aromatic N) is 1. The second kappa shape index (κ2) is 5.76. The Bertz CT molecular complexity index is 719. The number of aryl methyl sites for hydroxylation is 1. The first-order chi connectivity index (χ1) is 9.79. The van der Waals surface area contributed by atoms with Gasteiger partial charge in [0.1, 0.15) is 16.6 Å². The third-order valence-corrected chi connectivity index (χ3v) is 4.44. The molecule has 1 heterocycles. The van der Waals surface area contributed by atoms with E-state index in [1.807, 2.05) is 0 Å². The lowest BCUT2D eigenvalue weighted by atomic mass is 10.1. The van der Waals surface area contributed by atoms with Crippen LogP contribution in [0.4, 0.5) is 13.2 Å². The van der Waals surface area contributed by atoms with Gasteiger partial charge in [0.2, 0.25) is 10.0 Å². The third-order valence-electron chi connectivity index (χ3n) is 2.89. The van der Waals surface area contributed by atoms with Gasteiger partial charge in [-0.05, 0) is 19.4 Å². The Morgan fingerprint density at radius 3 is 2.32 bits per heavy atom. The van der Waals surface area contributed by atoms with Crippen LogP contribution < -0.4 is 4.72 Å². The summed E-state index contributed by atoms with van der Waals surface area (Å²) in [5, 5.41) is 9.13. The minimum absolute atomic E-state index is 0.109. The summed E-state index contributed by atoms with van der Waals surface area (Å²) in [4.78, 5) is 10.7. The van der Waals surface area contributed by atoms with Gasteiger partial charge in [-0.25, -0.2) is 13.2 Å². The number of aromatic nitrogens is 1. The molecule has 124 valence electrons. The van der Waals surface area contributed by atoms with E-state index in [1.165, 1.54) is 18.7 Å². The smallest absolute Gasteiger partial charge is 0.404 e. The number of hydrogen-bond donors (Lipinski definition) is 2. The van der Waals surface area contributed by atoms with Crippen molar-refractivity contribution in [2.45, 2.75) is 31.0 Å². The van der Waals surface area contributed by atoms with Gasteiger partial charge >= 0.3 is 12.1 Å². The summed E-state index contributed by atoms with van der Waals surface area (Å²) < 4.78 is 64.4. The fraction of sp³-hybridized carbons (Fsp3) is 0.417. The highest BCUT2D eigenvalue weighted by atomic mass is 32.2. The van der Waals surface area contributed by atoms with Gasteiger partial charge < -0.3 is 9.67 Å². The molecule has 0 amide bonds. The highest BCUT2D eigenvalue weighted by molar-refractivity contribution is 7.89. The topological polar surface area (TPSA) is 88.4 Å². The molecule has 0 aliphatic heterocycles. The van der Waals surface area contributed by atoms with Crippen LogP contribution in [0.5, 0.6) is 0 Å². The zero-order valence-corrected chi connectivity index (χ0v) is 12.8. The molecule has 0 saturated heterocycles. The summed E-state index contributed by atoms with van der Waals surface area (Å²) in [6.45, 7) is 5.51. The zero-order valence-electron chi connectivity index (χ0n) is 12.0. The molecule has 0 spiro atoms. The summed E-state index contributed by atoms with van der Waals surface area (Å²) in [5.74, 6) is -1.41. The number of carboxylic acid groups (broad SMARTS) is 1. The van der Waals surface area contributed by atoms with Crippen molar-refractivity contribution in [1.29, 1.82) is 0 Å². The number of nitrogens with one attached hydrogen (secondary N) is 1. The van der Waals surface area contributed by atoms with E-state index in [-0.39, 0.29) is 16.8 Å². The van der Waals surface area contributed by atoms with Crippen LogP contribution in [0.25, 0.3) is 5.57 Å². The maximum atomic E-state index is 12.5. The second-order valence-electron chi connectivity index (χ2n) is 4.80. The molecule has 1 rings (SSSR count). The molecule has 1 atom stereocenters. The van der Waals surface area contributed by atoms with E-state index in [1.54, 1.807) is 0 Å². The summed E-state index contributed by atoms with van der Waals surface area (Å²) in [5.41, 5.74) is -0.484. The van der Waals surface area contributed by atoms with Crippen molar-refractivity contribution in [2.24, 2.45) is 7.05 Å². The number of halogens is 3. The number of carbonyl (C=O) groups is 1. The Morgan fingerprint density at radius 2 is 1.95 bits per heavy atom. The van der Waals surface area contributed by atoms with Crippen LogP contribution in [0, 0.1) is 0 Å². The largest absolute Gasteiger partial charge is 0.477 e. The van der Waals surface area contributed by atoms with Crippen LogP contribution in [0.2, 0.25) is 0 Å². The summed E-state index contributed by atoms with van der Waals surface area (Å²) in [7, 11) is -3.29. The van der Waals surface area contributed by atoms with Crippen molar-refractivity contribution >= 4 is 21.6 Å². The molecule has 0 aromatic carbocycles. The number of alkyl halides is 3. The molecular formula is C12H15F3N2O4S. The van der Waals surface area contributed by atoms with Gasteiger partial charge in [-0.15, -0.1) is 0 Å². The van der Waals surface area contributed by atoms with Crippen molar-refractivity contribution in [2.75, 3.05) is 0 Å². The zero-order chi connectivity index (χ0) is 17.5. The molecule has 6 nitrogen and oxygen atoms in total. The molecule has 0 saturated carbocycles. The van der Waals surface area contributed by atoms with Crippen LogP contribution in [0.1, 0.15) is 29.9 Å². The maximum Gasteiger partial charge on any atom is 0.404 e. The number of aromatic carboxylic acids is 1. The van der Waals surface area contributed by atoms with E-state index in [0.717, 1.165) is 10.8 Å². The Balaban J connectivity index is 3.47. The second-order valence-corrected chi connectivity index (χ2v) is 6.48. The lowest BCUT2D eigenvalue weighted by molar-refractivity contribution is -0.147. The molecule has 0 aliphatic rings. The number of sulfonamides is 1. The first-order valence-electron chi connectivity index (χ1n) is 5.96. The van der Waals surface area contributed by atoms with E-state index in [9.17, 15) is 26.4 Å². The van der Waals surface area contributed by atoms with E-state index < -0.39 is 33.1 Å². The predicted octanol–water partition coefficient (Wildman–Crippen LogP) is 1.99. The van der Waals surface area contributed by atoms with Gasteiger partial charge in [-0.3, -0.25) is 0 Å². The summed E-state index contributed by atoms with van der Waals surface area (Å²) >= 11 is 0. The van der Waals surface area contributed by atoms with Crippen LogP contribution >= 0.6 is 0 Å². The first-order valence-corrected chi connectivity index (χ1v) is 7.45. The highest BCUT2D eigenvalue weighted by Gasteiger charge is 2.40. The van der Waals surface area contributed by atoms with Gasteiger partial charge in [0.25, 0.3) is 0 Å². The molecule has 0 radical (unpaired) electrons. The molecule has 0 aliphatic carbocycles. The monoisotopic (exact) mass is 340 g/mol. The van der Waals surface area contributed by atoms with Crippen LogP contribution in [0.15, 0.2) is 17.7 Å². The van der Waals surface area contributed by atoms with E-state index >= 15 is 0 Å². The Morgan fingerprint density at radius 1 is 1.45 bits per heavy atom. The molecule has 1 aromatic rings. The van der Waals surface area contributed by atoms with Crippen molar-refractivity contribution in [3.8, 4) is 0 Å². The number of allylic oxidation sites excluding steroid dienone is 1. The molecule has 0 bridgehead atoms. The summed E-state index contributed by atoms with van der Waals surface area (Å²) in [6, 6.07) is -2.32. The number of rotatable bonds is 5.